The average Bonchev–Trinajstić information content (AvgIpc) is 2.89. The molecule has 2 N–H and O–H groups in total. The lowest BCUT2D eigenvalue weighted by atomic mass is 10.1. The standard InChI is InChI=1S/C14H9FN6/c15-11-3-1-9(2-4-11)12-5-6-13(20-19-12)21-14(17)10(7-16)8-18-21/h1-6,8H,17H2. The van der Waals surface area contributed by atoms with Crippen molar-refractivity contribution in [1.82, 2.24) is 20.0 Å². The van der Waals surface area contributed by atoms with Gasteiger partial charge in [-0.2, -0.15) is 15.0 Å². The molecule has 0 atom stereocenters. The fourth-order valence-electron chi connectivity index (χ4n) is 1.84. The van der Waals surface area contributed by atoms with E-state index in [1.165, 1.54) is 23.0 Å². The quantitative estimate of drug-likeness (QED) is 0.774. The van der Waals surface area contributed by atoms with E-state index >= 15 is 0 Å². The van der Waals surface area contributed by atoms with Crippen LogP contribution in [0.15, 0.2) is 42.6 Å². The van der Waals surface area contributed by atoms with Gasteiger partial charge in [0.2, 0.25) is 0 Å². The number of nitrogen functional groups attached to an aromatic ring is 1. The Bertz CT molecular complexity index is 814. The Morgan fingerprint density at radius 2 is 1.86 bits per heavy atom. The predicted octanol–water partition coefficient (Wildman–Crippen LogP) is 1.92. The van der Waals surface area contributed by atoms with Crippen molar-refractivity contribution >= 4 is 5.82 Å². The molecule has 0 spiro atoms. The summed E-state index contributed by atoms with van der Waals surface area (Å²) >= 11 is 0. The van der Waals surface area contributed by atoms with Gasteiger partial charge in [0.25, 0.3) is 0 Å². The Hall–Kier alpha value is -3.27. The molecule has 7 heteroatoms. The molecule has 0 bridgehead atoms. The molecule has 2 heterocycles. The predicted molar refractivity (Wildman–Crippen MR) is 73.7 cm³/mol. The highest BCUT2D eigenvalue weighted by molar-refractivity contribution is 5.59. The number of hydrogen-bond donors (Lipinski definition) is 1. The molecule has 0 radical (unpaired) electrons. The van der Waals surface area contributed by atoms with Gasteiger partial charge in [0, 0.05) is 5.56 Å². The summed E-state index contributed by atoms with van der Waals surface area (Å²) in [4.78, 5) is 0. The molecule has 102 valence electrons. The largest absolute Gasteiger partial charge is 0.382 e. The molecule has 21 heavy (non-hydrogen) atoms. The summed E-state index contributed by atoms with van der Waals surface area (Å²) in [6.07, 6.45) is 1.37. The number of benzene rings is 1. The lowest BCUT2D eigenvalue weighted by molar-refractivity contribution is 0.628. The molecule has 0 fully saturated rings. The summed E-state index contributed by atoms with van der Waals surface area (Å²) in [5.74, 6) is 0.304. The van der Waals surface area contributed by atoms with Crippen molar-refractivity contribution in [1.29, 1.82) is 5.26 Å². The van der Waals surface area contributed by atoms with Crippen LogP contribution in [0.2, 0.25) is 0 Å². The van der Waals surface area contributed by atoms with Gasteiger partial charge < -0.3 is 5.73 Å². The van der Waals surface area contributed by atoms with E-state index in [1.54, 1.807) is 24.3 Å². The summed E-state index contributed by atoms with van der Waals surface area (Å²) in [6, 6.07) is 11.3. The average molecular weight is 280 g/mol. The van der Waals surface area contributed by atoms with Crippen molar-refractivity contribution in [3.63, 3.8) is 0 Å². The number of nitrogens with zero attached hydrogens (tertiary/aromatic N) is 5. The third-order valence-electron chi connectivity index (χ3n) is 2.93. The minimum Gasteiger partial charge on any atom is -0.382 e. The Morgan fingerprint density at radius 1 is 1.10 bits per heavy atom. The van der Waals surface area contributed by atoms with Crippen molar-refractivity contribution in [3.8, 4) is 23.1 Å². The van der Waals surface area contributed by atoms with Crippen molar-refractivity contribution in [2.24, 2.45) is 0 Å². The van der Waals surface area contributed by atoms with E-state index in [4.69, 9.17) is 11.0 Å². The first-order valence-electron chi connectivity index (χ1n) is 6.02. The van der Waals surface area contributed by atoms with Gasteiger partial charge in [0.1, 0.15) is 23.3 Å². The van der Waals surface area contributed by atoms with Crippen LogP contribution in [0, 0.1) is 17.1 Å². The van der Waals surface area contributed by atoms with Crippen LogP contribution in [-0.4, -0.2) is 20.0 Å². The molecule has 3 rings (SSSR count). The number of rotatable bonds is 2. The molecule has 6 nitrogen and oxygen atoms in total. The molecule has 1 aromatic carbocycles. The van der Waals surface area contributed by atoms with Crippen LogP contribution in [0.3, 0.4) is 0 Å². The number of nitriles is 1. The van der Waals surface area contributed by atoms with Gasteiger partial charge in [-0.3, -0.25) is 0 Å². The maximum atomic E-state index is 12.9. The van der Waals surface area contributed by atoms with Crippen LogP contribution < -0.4 is 5.73 Å². The highest BCUT2D eigenvalue weighted by Gasteiger charge is 2.10. The number of aromatic nitrogens is 4. The Labute approximate surface area is 119 Å². The van der Waals surface area contributed by atoms with Gasteiger partial charge in [-0.25, -0.2) is 4.39 Å². The van der Waals surface area contributed by atoms with Gasteiger partial charge >= 0.3 is 0 Å². The highest BCUT2D eigenvalue weighted by Crippen LogP contribution is 2.19. The maximum absolute atomic E-state index is 12.9. The fourth-order valence-corrected chi connectivity index (χ4v) is 1.84. The number of nitrogens with two attached hydrogens (primary N) is 1. The van der Waals surface area contributed by atoms with Crippen LogP contribution in [-0.2, 0) is 0 Å². The minimum atomic E-state index is -0.309. The first-order chi connectivity index (χ1) is 10.2. The second-order valence-corrected chi connectivity index (χ2v) is 4.25. The lowest BCUT2D eigenvalue weighted by Crippen LogP contribution is -2.05. The third-order valence-corrected chi connectivity index (χ3v) is 2.93. The van der Waals surface area contributed by atoms with Gasteiger partial charge in [-0.1, -0.05) is 0 Å². The zero-order chi connectivity index (χ0) is 14.8. The van der Waals surface area contributed by atoms with Crippen molar-refractivity contribution in [2.75, 3.05) is 5.73 Å². The first-order valence-corrected chi connectivity index (χ1v) is 6.02. The summed E-state index contributed by atoms with van der Waals surface area (Å²) < 4.78 is 14.2. The van der Waals surface area contributed by atoms with Crippen molar-refractivity contribution < 1.29 is 4.39 Å². The van der Waals surface area contributed by atoms with E-state index in [9.17, 15) is 4.39 Å². The van der Waals surface area contributed by atoms with Crippen LogP contribution in [0.4, 0.5) is 10.2 Å². The van der Waals surface area contributed by atoms with Crippen LogP contribution in [0.25, 0.3) is 17.1 Å². The van der Waals surface area contributed by atoms with Gasteiger partial charge in [-0.05, 0) is 36.4 Å². The Morgan fingerprint density at radius 3 is 2.43 bits per heavy atom. The highest BCUT2D eigenvalue weighted by atomic mass is 19.1. The molecular weight excluding hydrogens is 271 g/mol. The van der Waals surface area contributed by atoms with Crippen LogP contribution >= 0.6 is 0 Å². The van der Waals surface area contributed by atoms with Gasteiger partial charge in [0.05, 0.1) is 11.9 Å². The third kappa shape index (κ3) is 2.30. The van der Waals surface area contributed by atoms with Gasteiger partial charge in [0.15, 0.2) is 5.82 Å². The van der Waals surface area contributed by atoms with E-state index < -0.39 is 0 Å². The molecule has 0 aliphatic heterocycles. The van der Waals surface area contributed by atoms with Crippen LogP contribution in [0.5, 0.6) is 0 Å². The smallest absolute Gasteiger partial charge is 0.178 e. The molecule has 2 aromatic heterocycles. The summed E-state index contributed by atoms with van der Waals surface area (Å²) in [5, 5.41) is 20.9. The van der Waals surface area contributed by atoms with E-state index in [2.05, 4.69) is 15.3 Å². The molecule has 0 saturated heterocycles. The molecule has 0 unspecified atom stereocenters. The SMILES string of the molecule is N#Cc1cnn(-c2ccc(-c3ccc(F)cc3)nn2)c1N. The number of hydrogen-bond acceptors (Lipinski definition) is 5. The summed E-state index contributed by atoms with van der Waals surface area (Å²) in [6.45, 7) is 0. The molecule has 3 aromatic rings. The zero-order valence-corrected chi connectivity index (χ0v) is 10.7. The number of halogens is 1. The van der Waals surface area contributed by atoms with E-state index in [0.717, 1.165) is 5.56 Å². The fraction of sp³-hybridized carbons (Fsp3) is 0. The minimum absolute atomic E-state index is 0.210. The lowest BCUT2D eigenvalue weighted by Gasteiger charge is -2.04. The monoisotopic (exact) mass is 280 g/mol. The van der Waals surface area contributed by atoms with Gasteiger partial charge in [-0.15, -0.1) is 10.2 Å². The maximum Gasteiger partial charge on any atom is 0.178 e. The normalized spacial score (nSPS) is 10.3. The van der Waals surface area contributed by atoms with E-state index in [1.807, 2.05) is 6.07 Å². The Kier molecular flexibility index (Phi) is 3.04. The van der Waals surface area contributed by atoms with Crippen molar-refractivity contribution in [2.45, 2.75) is 0 Å². The van der Waals surface area contributed by atoms with Crippen molar-refractivity contribution in [3.05, 3.63) is 54.0 Å². The van der Waals surface area contributed by atoms with E-state index in [-0.39, 0.29) is 17.2 Å². The van der Waals surface area contributed by atoms with E-state index in [0.29, 0.717) is 11.5 Å². The molecule has 0 aliphatic rings. The summed E-state index contributed by atoms with van der Waals surface area (Å²) in [5.41, 5.74) is 7.41. The Balaban J connectivity index is 1.95. The second-order valence-electron chi connectivity index (χ2n) is 4.25. The zero-order valence-electron chi connectivity index (χ0n) is 10.7. The molecule has 0 aliphatic carbocycles. The second kappa shape index (κ2) is 5.02. The van der Waals surface area contributed by atoms with Crippen LogP contribution in [0.1, 0.15) is 5.56 Å². The molecule has 0 amide bonds. The number of anilines is 1. The molecule has 0 saturated carbocycles. The molecular formula is C14H9FN6. The summed E-state index contributed by atoms with van der Waals surface area (Å²) in [7, 11) is 0. The first kappa shape index (κ1) is 12.7. The topological polar surface area (TPSA) is 93.4 Å².